The normalized spacial score (nSPS) is 14.4. The van der Waals surface area contributed by atoms with Gasteiger partial charge in [0, 0.05) is 5.57 Å². The predicted molar refractivity (Wildman–Crippen MR) is 97.0 cm³/mol. The molecular weight excluding hydrogens is 316 g/mol. The van der Waals surface area contributed by atoms with Gasteiger partial charge in [0.15, 0.2) is 6.10 Å². The van der Waals surface area contributed by atoms with Crippen LogP contribution in [0.2, 0.25) is 0 Å². The van der Waals surface area contributed by atoms with Crippen molar-refractivity contribution in [1.29, 1.82) is 0 Å². The van der Waals surface area contributed by atoms with Gasteiger partial charge in [0.2, 0.25) is 0 Å². The van der Waals surface area contributed by atoms with Crippen LogP contribution in [-0.2, 0) is 9.53 Å². The molecule has 0 heterocycles. The summed E-state index contributed by atoms with van der Waals surface area (Å²) in [6, 6.07) is 14.6. The Hall–Kier alpha value is -2.43. The molecule has 0 fully saturated rings. The van der Waals surface area contributed by atoms with Gasteiger partial charge in [-0.1, -0.05) is 55.1 Å². The lowest BCUT2D eigenvalue weighted by Gasteiger charge is -2.29. The van der Waals surface area contributed by atoms with E-state index in [1.807, 2.05) is 38.1 Å². The summed E-state index contributed by atoms with van der Waals surface area (Å²) in [6.07, 6.45) is -3.51. The highest BCUT2D eigenvalue weighted by Gasteiger charge is 2.33. The van der Waals surface area contributed by atoms with Crippen molar-refractivity contribution < 1.29 is 19.7 Å². The van der Waals surface area contributed by atoms with E-state index in [1.54, 1.807) is 31.2 Å². The molecule has 4 nitrogen and oxygen atoms in total. The molecule has 3 atom stereocenters. The summed E-state index contributed by atoms with van der Waals surface area (Å²) in [5, 5.41) is 21.5. The Kier molecular flexibility index (Phi) is 6.12. The lowest BCUT2D eigenvalue weighted by molar-refractivity contribution is -0.156. The molecule has 132 valence electrons. The van der Waals surface area contributed by atoms with Gasteiger partial charge in [-0.05, 0) is 43.0 Å². The Morgan fingerprint density at radius 1 is 0.960 bits per heavy atom. The zero-order chi connectivity index (χ0) is 18.6. The maximum absolute atomic E-state index is 12.1. The van der Waals surface area contributed by atoms with Crippen LogP contribution in [0.3, 0.4) is 0 Å². The van der Waals surface area contributed by atoms with Crippen molar-refractivity contribution in [3.8, 4) is 0 Å². The van der Waals surface area contributed by atoms with E-state index in [2.05, 4.69) is 6.58 Å². The van der Waals surface area contributed by atoms with Gasteiger partial charge in [0.25, 0.3) is 0 Å². The van der Waals surface area contributed by atoms with Gasteiger partial charge in [0.05, 0.1) is 0 Å². The summed E-state index contributed by atoms with van der Waals surface area (Å²) in [4.78, 5) is 12.1. The Balaban J connectivity index is 2.40. The van der Waals surface area contributed by atoms with Crippen LogP contribution >= 0.6 is 0 Å². The minimum Gasteiger partial charge on any atom is -0.451 e. The highest BCUT2D eigenvalue weighted by atomic mass is 16.6. The van der Waals surface area contributed by atoms with Crippen molar-refractivity contribution in [1.82, 2.24) is 0 Å². The highest BCUT2D eigenvalue weighted by Crippen LogP contribution is 2.33. The standard InChI is InChI=1S/C21H24O4/c1-13(2)21(24)25-20(17-12-8-6-10-15(17)4)19(23)18(22)16-11-7-5-9-14(16)3/h5-12,18-20,22-23H,1H2,2-4H3. The molecule has 0 aliphatic heterocycles. The number of aliphatic hydroxyl groups excluding tert-OH is 2. The smallest absolute Gasteiger partial charge is 0.333 e. The average molecular weight is 340 g/mol. The lowest BCUT2D eigenvalue weighted by Crippen LogP contribution is -2.31. The van der Waals surface area contributed by atoms with E-state index >= 15 is 0 Å². The molecule has 0 aromatic heterocycles. The number of aliphatic hydroxyl groups is 2. The molecule has 0 aliphatic carbocycles. The molecule has 0 amide bonds. The summed E-state index contributed by atoms with van der Waals surface area (Å²) >= 11 is 0. The number of esters is 1. The zero-order valence-corrected chi connectivity index (χ0v) is 14.8. The second-order valence-electron chi connectivity index (χ2n) is 6.25. The number of carbonyl (C=O) groups excluding carboxylic acids is 1. The fourth-order valence-electron chi connectivity index (χ4n) is 2.71. The van der Waals surface area contributed by atoms with Crippen LogP contribution in [0.5, 0.6) is 0 Å². The number of hydrogen-bond acceptors (Lipinski definition) is 4. The first-order chi connectivity index (χ1) is 11.8. The van der Waals surface area contributed by atoms with Crippen molar-refractivity contribution in [2.75, 3.05) is 0 Å². The SMILES string of the molecule is C=C(C)C(=O)OC(c1ccccc1C)C(O)C(O)c1ccccc1C. The first-order valence-corrected chi connectivity index (χ1v) is 8.16. The van der Waals surface area contributed by atoms with Gasteiger partial charge in [-0.3, -0.25) is 0 Å². The van der Waals surface area contributed by atoms with Crippen LogP contribution in [0.4, 0.5) is 0 Å². The molecule has 0 saturated carbocycles. The minimum absolute atomic E-state index is 0.233. The van der Waals surface area contributed by atoms with Gasteiger partial charge < -0.3 is 14.9 Å². The fraction of sp³-hybridized carbons (Fsp3) is 0.286. The molecule has 2 aromatic carbocycles. The molecule has 0 radical (unpaired) electrons. The van der Waals surface area contributed by atoms with E-state index in [0.717, 1.165) is 11.1 Å². The van der Waals surface area contributed by atoms with E-state index in [9.17, 15) is 15.0 Å². The van der Waals surface area contributed by atoms with Crippen LogP contribution in [0.15, 0.2) is 60.7 Å². The molecule has 0 bridgehead atoms. The largest absolute Gasteiger partial charge is 0.451 e. The summed E-state index contributed by atoms with van der Waals surface area (Å²) in [5.74, 6) is -0.607. The van der Waals surface area contributed by atoms with Crippen LogP contribution in [0, 0.1) is 13.8 Å². The molecule has 2 N–H and O–H groups in total. The third-order valence-corrected chi connectivity index (χ3v) is 4.22. The Bertz CT molecular complexity index is 766. The Morgan fingerprint density at radius 3 is 1.92 bits per heavy atom. The molecular formula is C21H24O4. The number of rotatable bonds is 6. The molecule has 0 spiro atoms. The molecule has 3 unspecified atom stereocenters. The van der Waals surface area contributed by atoms with E-state index in [1.165, 1.54) is 0 Å². The van der Waals surface area contributed by atoms with Gasteiger partial charge >= 0.3 is 5.97 Å². The van der Waals surface area contributed by atoms with Gasteiger partial charge in [-0.2, -0.15) is 0 Å². The van der Waals surface area contributed by atoms with E-state index in [-0.39, 0.29) is 5.57 Å². The number of benzene rings is 2. The number of aryl methyl sites for hydroxylation is 2. The summed E-state index contributed by atoms with van der Waals surface area (Å²) in [5.41, 5.74) is 3.19. The van der Waals surface area contributed by atoms with Crippen LogP contribution in [-0.4, -0.2) is 22.3 Å². The van der Waals surface area contributed by atoms with E-state index in [4.69, 9.17) is 4.74 Å². The molecule has 25 heavy (non-hydrogen) atoms. The molecule has 0 saturated heterocycles. The topological polar surface area (TPSA) is 66.8 Å². The third-order valence-electron chi connectivity index (χ3n) is 4.22. The summed E-state index contributed by atoms with van der Waals surface area (Å²) < 4.78 is 5.47. The number of carbonyl (C=O) groups is 1. The van der Waals surface area contributed by atoms with Gasteiger partial charge in [-0.25, -0.2) is 4.79 Å². The lowest BCUT2D eigenvalue weighted by atomic mass is 9.91. The summed E-state index contributed by atoms with van der Waals surface area (Å²) in [7, 11) is 0. The second kappa shape index (κ2) is 8.10. The highest BCUT2D eigenvalue weighted by molar-refractivity contribution is 5.87. The maximum Gasteiger partial charge on any atom is 0.333 e. The third kappa shape index (κ3) is 4.35. The van der Waals surface area contributed by atoms with E-state index in [0.29, 0.717) is 11.1 Å². The maximum atomic E-state index is 12.1. The molecule has 0 aliphatic rings. The number of hydrogen-bond donors (Lipinski definition) is 2. The monoisotopic (exact) mass is 340 g/mol. The number of ether oxygens (including phenoxy) is 1. The first-order valence-electron chi connectivity index (χ1n) is 8.16. The van der Waals surface area contributed by atoms with Crippen molar-refractivity contribution >= 4 is 5.97 Å². The quantitative estimate of drug-likeness (QED) is 0.623. The molecule has 2 rings (SSSR count). The van der Waals surface area contributed by atoms with Crippen LogP contribution < -0.4 is 0 Å². The zero-order valence-electron chi connectivity index (χ0n) is 14.8. The van der Waals surface area contributed by atoms with Crippen LogP contribution in [0.1, 0.15) is 41.4 Å². The van der Waals surface area contributed by atoms with Gasteiger partial charge in [-0.15, -0.1) is 0 Å². The van der Waals surface area contributed by atoms with E-state index < -0.39 is 24.3 Å². The minimum atomic E-state index is -1.31. The Labute approximate surface area is 148 Å². The van der Waals surface area contributed by atoms with Crippen molar-refractivity contribution in [3.05, 3.63) is 82.9 Å². The fourth-order valence-corrected chi connectivity index (χ4v) is 2.71. The van der Waals surface area contributed by atoms with Crippen LogP contribution in [0.25, 0.3) is 0 Å². The Morgan fingerprint density at radius 2 is 1.44 bits per heavy atom. The second-order valence-corrected chi connectivity index (χ2v) is 6.25. The van der Waals surface area contributed by atoms with Crippen molar-refractivity contribution in [2.45, 2.75) is 39.1 Å². The summed E-state index contributed by atoms with van der Waals surface area (Å²) in [6.45, 7) is 8.85. The molecule has 4 heteroatoms. The average Bonchev–Trinajstić information content (AvgIpc) is 2.59. The molecule has 2 aromatic rings. The van der Waals surface area contributed by atoms with Crippen molar-refractivity contribution in [2.24, 2.45) is 0 Å². The predicted octanol–water partition coefficient (Wildman–Crippen LogP) is 3.56. The van der Waals surface area contributed by atoms with Crippen molar-refractivity contribution in [3.63, 3.8) is 0 Å². The first kappa shape index (κ1) is 18.9. The van der Waals surface area contributed by atoms with Gasteiger partial charge in [0.1, 0.15) is 12.2 Å².